The first-order valence-corrected chi connectivity index (χ1v) is 17.6. The van der Waals surface area contributed by atoms with Crippen molar-refractivity contribution in [1.29, 1.82) is 0 Å². The van der Waals surface area contributed by atoms with Crippen molar-refractivity contribution >= 4 is 65.0 Å². The first-order valence-electron chi connectivity index (χ1n) is 14.0. The van der Waals surface area contributed by atoms with E-state index in [1.54, 1.807) is 60.7 Å². The Kier molecular flexibility index (Phi) is 8.96. The SMILES string of the molecule is O=S(=O)(Oc1cc(-c2ccccc2)c2cc(Cl)ccc2c1-c1c(OS(=O)(=O)C(F)(F)F)cc(-c2ccccc2)c2cc(Cl)ccc12)C(F)(F)F. The molecular weight excluding hydrogens is 753 g/mol. The molecule has 0 N–H and O–H groups in total. The van der Waals surface area contributed by atoms with Crippen molar-refractivity contribution < 1.29 is 51.5 Å². The molecule has 0 amide bonds. The highest BCUT2D eigenvalue weighted by Gasteiger charge is 2.50. The fraction of sp³-hybridized carbons (Fsp3) is 0.0588. The van der Waals surface area contributed by atoms with Crippen molar-refractivity contribution in [3.05, 3.63) is 119 Å². The first-order chi connectivity index (χ1) is 23.4. The molecule has 0 saturated heterocycles. The van der Waals surface area contributed by atoms with E-state index in [2.05, 4.69) is 0 Å². The fourth-order valence-electron chi connectivity index (χ4n) is 5.43. The summed E-state index contributed by atoms with van der Waals surface area (Å²) in [7, 11) is -12.9. The third-order valence-electron chi connectivity index (χ3n) is 7.51. The summed E-state index contributed by atoms with van der Waals surface area (Å²) in [5, 5.41) is 0.472. The van der Waals surface area contributed by atoms with E-state index in [-0.39, 0.29) is 42.7 Å². The number of alkyl halides is 6. The summed E-state index contributed by atoms with van der Waals surface area (Å²) < 4.78 is 143. The number of fused-ring (bicyclic) bond motifs is 2. The summed E-state index contributed by atoms with van der Waals surface area (Å²) in [6.45, 7) is 0. The highest BCUT2D eigenvalue weighted by atomic mass is 35.5. The van der Waals surface area contributed by atoms with Crippen LogP contribution in [0.15, 0.2) is 109 Å². The van der Waals surface area contributed by atoms with Crippen LogP contribution in [-0.2, 0) is 20.2 Å². The average Bonchev–Trinajstić information content (AvgIpc) is 3.04. The maximum atomic E-state index is 13.8. The van der Waals surface area contributed by atoms with E-state index in [1.165, 1.54) is 36.4 Å². The summed E-state index contributed by atoms with van der Waals surface area (Å²) in [6, 6.07) is 25.8. The van der Waals surface area contributed by atoms with Crippen molar-refractivity contribution in [2.75, 3.05) is 0 Å². The zero-order chi connectivity index (χ0) is 36.2. The second-order valence-corrected chi connectivity index (χ2v) is 14.6. The van der Waals surface area contributed by atoms with Gasteiger partial charge in [0, 0.05) is 21.2 Å². The number of hydrogen-bond acceptors (Lipinski definition) is 6. The highest BCUT2D eigenvalue weighted by molar-refractivity contribution is 7.88. The van der Waals surface area contributed by atoms with Crippen molar-refractivity contribution in [2.45, 2.75) is 11.0 Å². The Balaban J connectivity index is 1.85. The zero-order valence-corrected chi connectivity index (χ0v) is 27.8. The van der Waals surface area contributed by atoms with Gasteiger partial charge in [0.05, 0.1) is 0 Å². The molecule has 16 heteroatoms. The molecule has 0 fully saturated rings. The molecule has 0 saturated carbocycles. The Morgan fingerprint density at radius 3 is 1.12 bits per heavy atom. The number of rotatable bonds is 7. The van der Waals surface area contributed by atoms with Gasteiger partial charge in [0.25, 0.3) is 0 Å². The molecule has 0 atom stereocenters. The van der Waals surface area contributed by atoms with Crippen LogP contribution >= 0.6 is 23.2 Å². The van der Waals surface area contributed by atoms with E-state index in [9.17, 15) is 43.2 Å². The van der Waals surface area contributed by atoms with Gasteiger partial charge in [-0.05, 0) is 80.2 Å². The van der Waals surface area contributed by atoms with Crippen LogP contribution in [0.25, 0.3) is 54.9 Å². The van der Waals surface area contributed by atoms with E-state index in [0.717, 1.165) is 12.1 Å². The maximum Gasteiger partial charge on any atom is 0.534 e. The molecule has 0 unspecified atom stereocenters. The number of halogens is 8. The first kappa shape index (κ1) is 35.3. The molecule has 0 radical (unpaired) electrons. The lowest BCUT2D eigenvalue weighted by molar-refractivity contribution is -0.0505. The minimum Gasteiger partial charge on any atom is -0.375 e. The van der Waals surface area contributed by atoms with E-state index < -0.39 is 53.9 Å². The van der Waals surface area contributed by atoms with Crippen LogP contribution in [0, 0.1) is 0 Å². The lowest BCUT2D eigenvalue weighted by Gasteiger charge is -2.23. The van der Waals surface area contributed by atoms with Gasteiger partial charge in [-0.25, -0.2) is 0 Å². The molecule has 0 aliphatic carbocycles. The summed E-state index contributed by atoms with van der Waals surface area (Å²) in [4.78, 5) is 0. The Morgan fingerprint density at radius 1 is 0.460 bits per heavy atom. The molecule has 6 rings (SSSR count). The Morgan fingerprint density at radius 2 is 0.800 bits per heavy atom. The van der Waals surface area contributed by atoms with Crippen LogP contribution in [0.1, 0.15) is 0 Å². The third kappa shape index (κ3) is 6.55. The second kappa shape index (κ2) is 12.7. The monoisotopic (exact) mass is 770 g/mol. The van der Waals surface area contributed by atoms with Crippen LogP contribution in [-0.4, -0.2) is 27.9 Å². The molecule has 6 nitrogen and oxygen atoms in total. The number of benzene rings is 6. The van der Waals surface area contributed by atoms with Crippen LogP contribution in [0.2, 0.25) is 10.0 Å². The quantitative estimate of drug-likeness (QED) is 0.0913. The number of hydrogen-bond donors (Lipinski definition) is 0. The van der Waals surface area contributed by atoms with Crippen molar-refractivity contribution in [1.82, 2.24) is 0 Å². The Hall–Kier alpha value is -4.50. The zero-order valence-electron chi connectivity index (χ0n) is 24.7. The Bertz CT molecular complexity index is 2330. The minimum absolute atomic E-state index is 0.0823. The van der Waals surface area contributed by atoms with E-state index >= 15 is 0 Å². The van der Waals surface area contributed by atoms with Crippen LogP contribution in [0.4, 0.5) is 26.3 Å². The smallest absolute Gasteiger partial charge is 0.375 e. The molecular formula is C34H18Cl2F6O6S2. The van der Waals surface area contributed by atoms with Gasteiger partial charge in [0.15, 0.2) is 11.5 Å². The largest absolute Gasteiger partial charge is 0.534 e. The summed E-state index contributed by atoms with van der Waals surface area (Å²) >= 11 is 12.7. The van der Waals surface area contributed by atoms with Crippen LogP contribution < -0.4 is 8.37 Å². The topological polar surface area (TPSA) is 86.7 Å². The molecule has 0 spiro atoms. The van der Waals surface area contributed by atoms with Gasteiger partial charge in [0.1, 0.15) is 0 Å². The third-order valence-corrected chi connectivity index (χ3v) is 9.91. The van der Waals surface area contributed by atoms with Gasteiger partial charge in [-0.2, -0.15) is 43.2 Å². The molecule has 0 aliphatic rings. The molecule has 0 heterocycles. The van der Waals surface area contributed by atoms with Gasteiger partial charge in [-0.3, -0.25) is 0 Å². The molecule has 6 aromatic carbocycles. The molecule has 0 bridgehead atoms. The van der Waals surface area contributed by atoms with Gasteiger partial charge >= 0.3 is 31.3 Å². The molecule has 0 aromatic heterocycles. The summed E-state index contributed by atoms with van der Waals surface area (Å²) in [6.07, 6.45) is 0. The predicted octanol–water partition coefficient (Wildman–Crippen LogP) is 10.8. The van der Waals surface area contributed by atoms with Gasteiger partial charge < -0.3 is 8.37 Å². The second-order valence-electron chi connectivity index (χ2n) is 10.7. The van der Waals surface area contributed by atoms with Gasteiger partial charge in [-0.1, -0.05) is 96.0 Å². The molecule has 50 heavy (non-hydrogen) atoms. The van der Waals surface area contributed by atoms with Crippen molar-refractivity contribution in [2.24, 2.45) is 0 Å². The van der Waals surface area contributed by atoms with Crippen molar-refractivity contribution in [3.8, 4) is 44.9 Å². The summed E-state index contributed by atoms with van der Waals surface area (Å²) in [5.41, 5.74) is -12.0. The Labute approximate surface area is 290 Å². The van der Waals surface area contributed by atoms with Gasteiger partial charge in [-0.15, -0.1) is 0 Å². The average molecular weight is 772 g/mol. The van der Waals surface area contributed by atoms with E-state index in [1.807, 2.05) is 0 Å². The van der Waals surface area contributed by atoms with Crippen LogP contribution in [0.3, 0.4) is 0 Å². The highest BCUT2D eigenvalue weighted by Crippen LogP contribution is 2.52. The van der Waals surface area contributed by atoms with Crippen molar-refractivity contribution in [3.63, 3.8) is 0 Å². The lowest BCUT2D eigenvalue weighted by Crippen LogP contribution is -2.28. The fourth-order valence-corrected chi connectivity index (χ4v) is 6.70. The van der Waals surface area contributed by atoms with E-state index in [4.69, 9.17) is 31.6 Å². The normalized spacial score (nSPS) is 12.7. The maximum absolute atomic E-state index is 13.8. The molecule has 6 aromatic rings. The van der Waals surface area contributed by atoms with Gasteiger partial charge in [0.2, 0.25) is 0 Å². The predicted molar refractivity (Wildman–Crippen MR) is 179 cm³/mol. The summed E-state index contributed by atoms with van der Waals surface area (Å²) in [5.74, 6) is -2.01. The molecule has 258 valence electrons. The van der Waals surface area contributed by atoms with Crippen LogP contribution in [0.5, 0.6) is 11.5 Å². The standard InChI is InChI=1S/C34H18Cl2F6O6S2/c35-21-11-13-23-27(15-21)25(19-7-3-1-4-8-19)17-29(47-49(43,44)33(37,38)39)31(23)32-24-14-12-22(36)16-28(24)26(20-9-5-2-6-10-20)18-30(32)48-50(45,46)34(40,41)42/h1-18H. The van der Waals surface area contributed by atoms with E-state index in [0.29, 0.717) is 11.1 Å². The lowest BCUT2D eigenvalue weighted by atomic mass is 9.86. The molecule has 0 aliphatic heterocycles. The minimum atomic E-state index is -6.43.